The monoisotopic (exact) mass is 350 g/mol. The molecule has 0 bridgehead atoms. The van der Waals surface area contributed by atoms with Gasteiger partial charge in [0.15, 0.2) is 0 Å². The fraction of sp³-hybridized carbons (Fsp3) is 0.211. The molecule has 0 saturated heterocycles. The van der Waals surface area contributed by atoms with Crippen LogP contribution in [0.1, 0.15) is 24.0 Å². The van der Waals surface area contributed by atoms with E-state index in [1.165, 1.54) is 17.6 Å². The molecule has 0 atom stereocenters. The van der Waals surface area contributed by atoms with E-state index in [1.54, 1.807) is 17.0 Å². The van der Waals surface area contributed by atoms with Crippen molar-refractivity contribution in [2.45, 2.75) is 25.8 Å². The Bertz CT molecular complexity index is 1030. The van der Waals surface area contributed by atoms with Crippen LogP contribution in [-0.4, -0.2) is 21.8 Å². The van der Waals surface area contributed by atoms with Crippen molar-refractivity contribution >= 4 is 33.5 Å². The highest BCUT2D eigenvalue weighted by Crippen LogP contribution is 2.29. The predicted molar refractivity (Wildman–Crippen MR) is 103 cm³/mol. The summed E-state index contributed by atoms with van der Waals surface area (Å²) in [6.45, 7) is 2.02. The normalized spacial score (nSPS) is 14.7. The first-order valence-corrected chi connectivity index (χ1v) is 9.09. The highest BCUT2D eigenvalue weighted by atomic mass is 32.1. The van der Waals surface area contributed by atoms with Gasteiger partial charge in [-0.1, -0.05) is 17.7 Å². The third-order valence-electron chi connectivity index (χ3n) is 4.27. The molecule has 0 radical (unpaired) electrons. The van der Waals surface area contributed by atoms with E-state index in [0.29, 0.717) is 16.3 Å². The fourth-order valence-corrected chi connectivity index (χ4v) is 3.68. The highest BCUT2D eigenvalue weighted by molar-refractivity contribution is 7.17. The van der Waals surface area contributed by atoms with Gasteiger partial charge in [-0.05, 0) is 38.0 Å². The number of benzene rings is 1. The molecular weight excluding hydrogens is 332 g/mol. The molecule has 4 rings (SSSR count). The van der Waals surface area contributed by atoms with Crippen LogP contribution in [0.3, 0.4) is 0 Å². The minimum absolute atomic E-state index is 0.0641. The van der Waals surface area contributed by atoms with Crippen LogP contribution < -0.4 is 10.9 Å². The molecule has 0 aliphatic heterocycles. The topological polar surface area (TPSA) is 70.8 Å². The van der Waals surface area contributed by atoms with E-state index in [-0.39, 0.29) is 5.56 Å². The molecular formula is C19H18N4OS. The minimum Gasteiger partial charge on any atom is -0.382 e. The maximum absolute atomic E-state index is 12.9. The number of nitrogens with one attached hydrogen (secondary N) is 2. The molecule has 1 fully saturated rings. The number of hydrogen-bond donors (Lipinski definition) is 2. The van der Waals surface area contributed by atoms with Crippen LogP contribution in [0.15, 0.2) is 46.8 Å². The fourth-order valence-electron chi connectivity index (χ4n) is 2.74. The summed E-state index contributed by atoms with van der Waals surface area (Å²) in [4.78, 5) is 17.4. The molecule has 2 aromatic heterocycles. The second-order valence-corrected chi connectivity index (χ2v) is 7.13. The molecule has 0 amide bonds. The zero-order chi connectivity index (χ0) is 17.4. The quantitative estimate of drug-likeness (QED) is 0.692. The van der Waals surface area contributed by atoms with E-state index in [0.717, 1.165) is 35.4 Å². The summed E-state index contributed by atoms with van der Waals surface area (Å²) in [6.07, 6.45) is 6.87. The molecule has 2 N–H and O–H groups in total. The largest absolute Gasteiger partial charge is 0.382 e. The summed E-state index contributed by atoms with van der Waals surface area (Å²) in [5, 5.41) is 12.8. The molecule has 1 aliphatic rings. The van der Waals surface area contributed by atoms with Gasteiger partial charge in [0.25, 0.3) is 5.56 Å². The van der Waals surface area contributed by atoms with Crippen molar-refractivity contribution in [3.05, 3.63) is 63.5 Å². The lowest BCUT2D eigenvalue weighted by Gasteiger charge is -2.09. The lowest BCUT2D eigenvalue weighted by molar-refractivity contribution is 0.884. The number of aromatic nitrogens is 2. The van der Waals surface area contributed by atoms with Gasteiger partial charge in [0.1, 0.15) is 11.0 Å². The summed E-state index contributed by atoms with van der Waals surface area (Å²) >= 11 is 1.40. The lowest BCUT2D eigenvalue weighted by Crippen LogP contribution is -2.18. The molecule has 0 unspecified atom stereocenters. The smallest absolute Gasteiger partial charge is 0.275 e. The maximum Gasteiger partial charge on any atom is 0.275 e. The number of fused-ring (bicyclic) bond motifs is 1. The Hall–Kier alpha value is -2.73. The molecule has 1 aromatic carbocycles. The minimum atomic E-state index is -0.0641. The van der Waals surface area contributed by atoms with Gasteiger partial charge in [0, 0.05) is 28.9 Å². The van der Waals surface area contributed by atoms with Crippen molar-refractivity contribution in [1.29, 1.82) is 5.41 Å². The molecule has 5 nitrogen and oxygen atoms in total. The first kappa shape index (κ1) is 15.8. The maximum atomic E-state index is 12.9. The van der Waals surface area contributed by atoms with E-state index >= 15 is 0 Å². The van der Waals surface area contributed by atoms with Gasteiger partial charge in [-0.25, -0.2) is 4.98 Å². The van der Waals surface area contributed by atoms with Gasteiger partial charge < -0.3 is 10.7 Å². The Morgan fingerprint density at radius 2 is 2.12 bits per heavy atom. The van der Waals surface area contributed by atoms with E-state index in [1.807, 2.05) is 36.6 Å². The summed E-state index contributed by atoms with van der Waals surface area (Å²) in [5.74, 6) is 0. The number of allylic oxidation sites excluding steroid dienone is 1. The number of rotatable bonds is 5. The van der Waals surface area contributed by atoms with Crippen LogP contribution in [0.25, 0.3) is 21.6 Å². The molecule has 6 heteroatoms. The Balaban J connectivity index is 1.81. The second-order valence-electron chi connectivity index (χ2n) is 6.25. The lowest BCUT2D eigenvalue weighted by atomic mass is 10.2. The first-order valence-electron chi connectivity index (χ1n) is 8.21. The molecule has 3 aromatic rings. The van der Waals surface area contributed by atoms with E-state index < -0.39 is 0 Å². The third kappa shape index (κ3) is 3.00. The van der Waals surface area contributed by atoms with Crippen LogP contribution in [0.4, 0.5) is 0 Å². The number of nitrogens with zero attached hydrogens (tertiary/aromatic N) is 2. The van der Waals surface area contributed by atoms with Gasteiger partial charge in [-0.3, -0.25) is 9.36 Å². The van der Waals surface area contributed by atoms with Gasteiger partial charge in [0.2, 0.25) is 0 Å². The average molecular weight is 350 g/mol. The van der Waals surface area contributed by atoms with Crippen molar-refractivity contribution in [1.82, 2.24) is 14.9 Å². The van der Waals surface area contributed by atoms with Crippen molar-refractivity contribution in [2.75, 3.05) is 0 Å². The van der Waals surface area contributed by atoms with Crippen molar-refractivity contribution in [2.24, 2.45) is 0 Å². The van der Waals surface area contributed by atoms with Crippen LogP contribution in [0, 0.1) is 12.3 Å². The second kappa shape index (κ2) is 6.29. The Labute approximate surface area is 149 Å². The van der Waals surface area contributed by atoms with Crippen LogP contribution >= 0.6 is 11.3 Å². The van der Waals surface area contributed by atoms with Crippen molar-refractivity contribution in [3.8, 4) is 5.69 Å². The Morgan fingerprint density at radius 3 is 2.80 bits per heavy atom. The van der Waals surface area contributed by atoms with Gasteiger partial charge in [0.05, 0.1) is 11.2 Å². The molecule has 1 aliphatic carbocycles. The average Bonchev–Trinajstić information content (AvgIpc) is 3.32. The number of hydrogen-bond acceptors (Lipinski definition) is 5. The van der Waals surface area contributed by atoms with Crippen LogP contribution in [0.5, 0.6) is 0 Å². The zero-order valence-electron chi connectivity index (χ0n) is 13.8. The molecule has 126 valence electrons. The van der Waals surface area contributed by atoms with E-state index in [4.69, 9.17) is 5.41 Å². The molecule has 1 saturated carbocycles. The summed E-state index contributed by atoms with van der Waals surface area (Å²) in [5.41, 5.74) is 4.35. The number of thiophene rings is 1. The van der Waals surface area contributed by atoms with E-state index in [9.17, 15) is 4.79 Å². The zero-order valence-corrected chi connectivity index (χ0v) is 14.6. The van der Waals surface area contributed by atoms with Crippen molar-refractivity contribution < 1.29 is 0 Å². The Kier molecular flexibility index (Phi) is 3.97. The van der Waals surface area contributed by atoms with Crippen molar-refractivity contribution in [3.63, 3.8) is 0 Å². The van der Waals surface area contributed by atoms with Gasteiger partial charge >= 0.3 is 0 Å². The summed E-state index contributed by atoms with van der Waals surface area (Å²) < 4.78 is 2.21. The van der Waals surface area contributed by atoms with Gasteiger partial charge in [-0.2, -0.15) is 0 Å². The third-order valence-corrected chi connectivity index (χ3v) is 5.23. The SMILES string of the molecule is Cc1ccc(-n2cnc3c(/C(=C\C=N)NC4CC4)csc3c2=O)cc1. The highest BCUT2D eigenvalue weighted by Gasteiger charge is 2.23. The van der Waals surface area contributed by atoms with Crippen LogP contribution in [-0.2, 0) is 0 Å². The molecule has 0 spiro atoms. The summed E-state index contributed by atoms with van der Waals surface area (Å²) in [7, 11) is 0. The first-order chi connectivity index (χ1) is 12.2. The van der Waals surface area contributed by atoms with Gasteiger partial charge in [-0.15, -0.1) is 11.3 Å². The predicted octanol–water partition coefficient (Wildman–Crippen LogP) is 3.50. The number of aryl methyl sites for hydroxylation is 1. The van der Waals surface area contributed by atoms with Crippen LogP contribution in [0.2, 0.25) is 0 Å². The van der Waals surface area contributed by atoms with E-state index in [2.05, 4.69) is 10.3 Å². The molecule has 25 heavy (non-hydrogen) atoms. The molecule has 2 heterocycles. The Morgan fingerprint density at radius 1 is 1.36 bits per heavy atom. The summed E-state index contributed by atoms with van der Waals surface area (Å²) in [6, 6.07) is 8.28. The standard InChI is InChI=1S/C19H18N4OS/c1-12-2-6-14(7-3-12)23-11-21-17-15(10-25-18(17)19(23)24)16(8-9-20)22-13-4-5-13/h2-3,6-11,13,20,22H,4-5H2,1H3/b16-8+,20-9?.